The Bertz CT molecular complexity index is 1090. The van der Waals surface area contributed by atoms with E-state index in [4.69, 9.17) is 9.05 Å². The van der Waals surface area contributed by atoms with E-state index in [1.54, 1.807) is 20.1 Å². The van der Waals surface area contributed by atoms with Gasteiger partial charge in [0.15, 0.2) is 0 Å². The fraction of sp³-hybridized carbons (Fsp3) is 0.364. The van der Waals surface area contributed by atoms with Crippen molar-refractivity contribution in [3.63, 3.8) is 0 Å². The Labute approximate surface area is 170 Å². The highest BCUT2D eigenvalue weighted by Crippen LogP contribution is 2.51. The lowest BCUT2D eigenvalue weighted by Gasteiger charge is -2.16. The second-order valence-corrected chi connectivity index (χ2v) is 9.09. The van der Waals surface area contributed by atoms with E-state index >= 15 is 0 Å². The summed E-state index contributed by atoms with van der Waals surface area (Å²) >= 11 is 0. The lowest BCUT2D eigenvalue weighted by molar-refractivity contribution is 0.219. The highest BCUT2D eigenvalue weighted by atomic mass is 31.2. The number of aromatic amines is 1. The first-order valence-corrected chi connectivity index (χ1v) is 11.6. The van der Waals surface area contributed by atoms with Crippen molar-refractivity contribution in [1.29, 1.82) is 0 Å². The number of aliphatic imine (C=N–C) groups is 1. The first kappa shape index (κ1) is 21.4. The van der Waals surface area contributed by atoms with E-state index in [0.717, 1.165) is 22.6 Å². The molecule has 0 saturated carbocycles. The van der Waals surface area contributed by atoms with Crippen molar-refractivity contribution in [3.05, 3.63) is 62.4 Å². The second-order valence-electron chi connectivity index (χ2n) is 7.04. The number of aromatic nitrogens is 1. The predicted molar refractivity (Wildman–Crippen MR) is 117 cm³/mol. The molecule has 154 valence electrons. The van der Waals surface area contributed by atoms with Gasteiger partial charge in [-0.2, -0.15) is 0 Å². The smallest absolute Gasteiger partial charge is 0.322 e. The van der Waals surface area contributed by atoms with Gasteiger partial charge in [0.2, 0.25) is 0 Å². The third-order valence-corrected chi connectivity index (χ3v) is 6.66. The van der Waals surface area contributed by atoms with Crippen molar-refractivity contribution < 1.29 is 13.6 Å². The van der Waals surface area contributed by atoms with Crippen LogP contribution in [0.4, 0.5) is 5.69 Å². The molecule has 0 amide bonds. The van der Waals surface area contributed by atoms with Gasteiger partial charge in [-0.3, -0.25) is 14.4 Å². The van der Waals surface area contributed by atoms with Crippen LogP contribution in [0.2, 0.25) is 0 Å². The maximum Gasteiger partial charge on any atom is 0.335 e. The average molecular weight is 414 g/mol. The molecule has 1 aliphatic rings. The summed E-state index contributed by atoms with van der Waals surface area (Å²) in [5.74, 6) is 0.454. The molecule has 0 radical (unpaired) electrons. The molecule has 0 fully saturated rings. The molecule has 7 heteroatoms. The largest absolute Gasteiger partial charge is 0.335 e. The molecule has 29 heavy (non-hydrogen) atoms. The number of H-pyrrole nitrogens is 1. The van der Waals surface area contributed by atoms with Crippen molar-refractivity contribution in [2.75, 3.05) is 13.2 Å². The van der Waals surface area contributed by atoms with Gasteiger partial charge in [-0.15, -0.1) is 0 Å². The standard InChI is InChI=1S/C22H27N2O4P/c1-4-27-29(26,28-5-2)15-17-7-9-20(10-8-17)23-14-19-13-18-12-16(3)6-11-21(18)24-22(19)25/h7-14,16H,4-6,15H2,1-3H3,(H,24,25)/t16-/m1/s1. The summed E-state index contributed by atoms with van der Waals surface area (Å²) in [6.45, 7) is 6.41. The molecular weight excluding hydrogens is 387 g/mol. The van der Waals surface area contributed by atoms with E-state index in [1.807, 2.05) is 30.3 Å². The van der Waals surface area contributed by atoms with E-state index in [9.17, 15) is 9.36 Å². The molecule has 1 aliphatic carbocycles. The Morgan fingerprint density at radius 3 is 2.55 bits per heavy atom. The van der Waals surface area contributed by atoms with E-state index in [0.29, 0.717) is 30.4 Å². The number of fused-ring (bicyclic) bond motifs is 1. The summed E-state index contributed by atoms with van der Waals surface area (Å²) in [6, 6.07) is 9.21. The minimum atomic E-state index is -3.13. The highest BCUT2D eigenvalue weighted by Gasteiger charge is 2.23. The zero-order valence-electron chi connectivity index (χ0n) is 17.1. The van der Waals surface area contributed by atoms with Gasteiger partial charge in [-0.05, 0) is 55.2 Å². The monoisotopic (exact) mass is 414 g/mol. The Kier molecular flexibility index (Phi) is 7.01. The van der Waals surface area contributed by atoms with E-state index in [-0.39, 0.29) is 11.7 Å². The number of benzene rings is 1. The molecule has 1 atom stereocenters. The molecule has 1 aromatic carbocycles. The van der Waals surface area contributed by atoms with Crippen molar-refractivity contribution in [2.45, 2.75) is 33.4 Å². The van der Waals surface area contributed by atoms with Gasteiger partial charge in [0.1, 0.15) is 0 Å². The normalized spacial score (nSPS) is 16.3. The molecule has 0 spiro atoms. The van der Waals surface area contributed by atoms with E-state index in [2.05, 4.69) is 29.1 Å². The van der Waals surface area contributed by atoms with Crippen LogP contribution < -0.4 is 16.1 Å². The fourth-order valence-electron chi connectivity index (χ4n) is 3.24. The first-order valence-electron chi connectivity index (χ1n) is 9.89. The Morgan fingerprint density at radius 2 is 1.90 bits per heavy atom. The molecule has 2 aromatic rings. The molecule has 6 nitrogen and oxygen atoms in total. The molecule has 0 bridgehead atoms. The Hall–Kier alpha value is -2.27. The van der Waals surface area contributed by atoms with Crippen LogP contribution in [-0.4, -0.2) is 24.4 Å². The molecule has 3 rings (SSSR count). The van der Waals surface area contributed by atoms with E-state index < -0.39 is 7.60 Å². The molecule has 0 aliphatic heterocycles. The molecule has 1 N–H and O–H groups in total. The third kappa shape index (κ3) is 5.63. The summed E-state index contributed by atoms with van der Waals surface area (Å²) in [7, 11) is -3.13. The number of pyridine rings is 1. The molecule has 0 saturated heterocycles. The van der Waals surface area contributed by atoms with Gasteiger partial charge in [0.05, 0.1) is 30.6 Å². The molecule has 1 heterocycles. The first-order chi connectivity index (χ1) is 13.9. The van der Waals surface area contributed by atoms with Gasteiger partial charge in [0, 0.05) is 11.6 Å². The maximum atomic E-state index is 12.6. The number of hydrogen-bond acceptors (Lipinski definition) is 5. The van der Waals surface area contributed by atoms with Crippen LogP contribution in [0.15, 0.2) is 40.1 Å². The Balaban J connectivity index is 1.78. The van der Waals surface area contributed by atoms with Gasteiger partial charge in [0.25, 0.3) is 5.56 Å². The van der Waals surface area contributed by atoms with Crippen molar-refractivity contribution in [2.24, 2.45) is 10.9 Å². The quantitative estimate of drug-likeness (QED) is 0.530. The molecule has 1 aromatic heterocycles. The predicted octanol–water partition coefficient (Wildman–Crippen LogP) is 3.49. The van der Waals surface area contributed by atoms with Gasteiger partial charge in [-0.25, -0.2) is 0 Å². The lowest BCUT2D eigenvalue weighted by Crippen LogP contribution is -2.38. The van der Waals surface area contributed by atoms with Gasteiger partial charge >= 0.3 is 7.60 Å². The number of nitrogens with one attached hydrogen (secondary N) is 1. The average Bonchev–Trinajstić information content (AvgIpc) is 2.68. The van der Waals surface area contributed by atoms with E-state index in [1.165, 1.54) is 0 Å². The van der Waals surface area contributed by atoms with Crippen LogP contribution in [0.25, 0.3) is 12.2 Å². The summed E-state index contributed by atoms with van der Waals surface area (Å²) in [6.07, 6.45) is 6.94. The van der Waals surface area contributed by atoms with Crippen LogP contribution in [0.5, 0.6) is 0 Å². The fourth-order valence-corrected chi connectivity index (χ4v) is 4.94. The number of hydrogen-bond donors (Lipinski definition) is 1. The minimum absolute atomic E-state index is 0.155. The SMILES string of the molecule is CCOP(=O)(Cc1ccc(N=Cc2cc3c([nH]c2=O)=CC[C@@H](C)C=3)cc1)OCC. The summed E-state index contributed by atoms with van der Waals surface area (Å²) < 4.78 is 23.3. The van der Waals surface area contributed by atoms with Crippen LogP contribution in [0, 0.1) is 5.92 Å². The third-order valence-electron chi connectivity index (χ3n) is 4.61. The highest BCUT2D eigenvalue weighted by molar-refractivity contribution is 7.53. The van der Waals surface area contributed by atoms with Crippen LogP contribution >= 0.6 is 7.60 Å². The maximum absolute atomic E-state index is 12.6. The summed E-state index contributed by atoms with van der Waals surface area (Å²) in [5.41, 5.74) is 1.92. The zero-order chi connectivity index (χ0) is 20.9. The van der Waals surface area contributed by atoms with Gasteiger partial charge < -0.3 is 14.0 Å². The van der Waals surface area contributed by atoms with Crippen molar-refractivity contribution in [1.82, 2.24) is 4.98 Å². The number of rotatable bonds is 8. The molecule has 0 unspecified atom stereocenters. The summed E-state index contributed by atoms with van der Waals surface area (Å²) in [5, 5.41) is 1.91. The summed E-state index contributed by atoms with van der Waals surface area (Å²) in [4.78, 5) is 19.6. The van der Waals surface area contributed by atoms with Crippen molar-refractivity contribution in [3.8, 4) is 0 Å². The lowest BCUT2D eigenvalue weighted by atomic mass is 10.0. The van der Waals surface area contributed by atoms with Crippen LogP contribution in [0.1, 0.15) is 38.3 Å². The Morgan fingerprint density at radius 1 is 1.21 bits per heavy atom. The number of nitrogens with zero attached hydrogens (tertiary/aromatic N) is 1. The minimum Gasteiger partial charge on any atom is -0.322 e. The second kappa shape index (κ2) is 9.49. The topological polar surface area (TPSA) is 80.8 Å². The van der Waals surface area contributed by atoms with Crippen LogP contribution in [-0.2, 0) is 19.8 Å². The van der Waals surface area contributed by atoms with Crippen LogP contribution in [0.3, 0.4) is 0 Å². The molecular formula is C22H27N2O4P. The van der Waals surface area contributed by atoms with Gasteiger partial charge in [-0.1, -0.05) is 31.2 Å². The van der Waals surface area contributed by atoms with Crippen molar-refractivity contribution >= 4 is 31.6 Å². The zero-order valence-corrected chi connectivity index (χ0v) is 17.9.